The Bertz CT molecular complexity index is 691. The largest absolute Gasteiger partial charge is 0.444 e. The Morgan fingerprint density at radius 2 is 1.68 bits per heavy atom. The van der Waals surface area contributed by atoms with Crippen LogP contribution >= 0.6 is 0 Å². The molecule has 1 aromatic carbocycles. The highest BCUT2D eigenvalue weighted by Gasteiger charge is 2.57. The van der Waals surface area contributed by atoms with Gasteiger partial charge in [-0.3, -0.25) is 4.90 Å². The number of aryl methyl sites for hydroxylation is 2. The first kappa shape index (κ1) is 18.3. The minimum atomic E-state index is -0.483. The molecular weight excluding hydrogens is 310 g/mol. The van der Waals surface area contributed by atoms with Crippen molar-refractivity contribution in [3.63, 3.8) is 0 Å². The molecule has 0 atom stereocenters. The Morgan fingerprint density at radius 3 is 2.24 bits per heavy atom. The number of benzene rings is 1. The van der Waals surface area contributed by atoms with Crippen LogP contribution in [-0.4, -0.2) is 16.6 Å². The Labute approximate surface area is 152 Å². The van der Waals surface area contributed by atoms with E-state index in [1.807, 2.05) is 20.8 Å². The molecule has 0 aromatic heterocycles. The summed E-state index contributed by atoms with van der Waals surface area (Å²) in [5.74, 6) is 0. The van der Waals surface area contributed by atoms with Gasteiger partial charge in [-0.2, -0.15) is 0 Å². The van der Waals surface area contributed by atoms with Crippen LogP contribution in [0.5, 0.6) is 0 Å². The zero-order valence-electron chi connectivity index (χ0n) is 17.0. The van der Waals surface area contributed by atoms with Crippen LogP contribution in [0.25, 0.3) is 0 Å². The number of ether oxygens (including phenoxy) is 1. The van der Waals surface area contributed by atoms with Crippen molar-refractivity contribution in [1.29, 1.82) is 0 Å². The van der Waals surface area contributed by atoms with Crippen LogP contribution in [0.15, 0.2) is 12.1 Å². The van der Waals surface area contributed by atoms with E-state index in [4.69, 9.17) is 4.74 Å². The minimum Gasteiger partial charge on any atom is -0.444 e. The van der Waals surface area contributed by atoms with E-state index < -0.39 is 5.60 Å². The lowest BCUT2D eigenvalue weighted by Crippen LogP contribution is -2.54. The van der Waals surface area contributed by atoms with Crippen LogP contribution in [0.2, 0.25) is 0 Å². The van der Waals surface area contributed by atoms with Crippen LogP contribution in [-0.2, 0) is 15.8 Å². The summed E-state index contributed by atoms with van der Waals surface area (Å²) < 4.78 is 5.87. The van der Waals surface area contributed by atoms with Crippen molar-refractivity contribution >= 4 is 6.09 Å². The summed E-state index contributed by atoms with van der Waals surface area (Å²) in [5, 5.41) is 0. The van der Waals surface area contributed by atoms with Gasteiger partial charge in [0.25, 0.3) is 0 Å². The summed E-state index contributed by atoms with van der Waals surface area (Å²) >= 11 is 0. The lowest BCUT2D eigenvalue weighted by Gasteiger charge is -2.47. The molecule has 0 unspecified atom stereocenters. The van der Waals surface area contributed by atoms with E-state index in [2.05, 4.69) is 44.7 Å². The summed E-state index contributed by atoms with van der Waals surface area (Å²) in [7, 11) is 0. The van der Waals surface area contributed by atoms with Gasteiger partial charge in [0.15, 0.2) is 0 Å². The van der Waals surface area contributed by atoms with E-state index in [0.717, 1.165) is 12.8 Å². The number of fused-ring (bicyclic) bond motifs is 2. The van der Waals surface area contributed by atoms with Crippen molar-refractivity contribution in [2.75, 3.05) is 0 Å². The molecule has 25 heavy (non-hydrogen) atoms. The molecule has 1 amide bonds. The van der Waals surface area contributed by atoms with Gasteiger partial charge in [0, 0.05) is 0 Å². The number of rotatable bonds is 0. The first-order valence-corrected chi connectivity index (χ1v) is 9.65. The maximum Gasteiger partial charge on any atom is 0.411 e. The Hall–Kier alpha value is -1.51. The van der Waals surface area contributed by atoms with Crippen LogP contribution < -0.4 is 0 Å². The molecule has 138 valence electrons. The van der Waals surface area contributed by atoms with Gasteiger partial charge in [-0.15, -0.1) is 0 Å². The molecule has 1 heterocycles. The van der Waals surface area contributed by atoms with Crippen molar-refractivity contribution in [2.45, 2.75) is 97.2 Å². The Morgan fingerprint density at radius 1 is 1.08 bits per heavy atom. The lowest BCUT2D eigenvalue weighted by molar-refractivity contribution is -0.0418. The Kier molecular flexibility index (Phi) is 4.21. The van der Waals surface area contributed by atoms with E-state index in [9.17, 15) is 4.79 Å². The van der Waals surface area contributed by atoms with Crippen LogP contribution in [0.1, 0.15) is 89.0 Å². The van der Waals surface area contributed by atoms with Crippen molar-refractivity contribution < 1.29 is 9.53 Å². The van der Waals surface area contributed by atoms with Gasteiger partial charge >= 0.3 is 6.09 Å². The minimum absolute atomic E-state index is 0.173. The molecule has 1 aliphatic heterocycles. The average Bonchev–Trinajstić information content (AvgIpc) is 2.62. The van der Waals surface area contributed by atoms with Gasteiger partial charge in [-0.25, -0.2) is 4.79 Å². The van der Waals surface area contributed by atoms with Gasteiger partial charge in [0.2, 0.25) is 0 Å². The van der Waals surface area contributed by atoms with E-state index in [-0.39, 0.29) is 17.2 Å². The highest BCUT2D eigenvalue weighted by Crippen LogP contribution is 2.57. The van der Waals surface area contributed by atoms with E-state index in [0.29, 0.717) is 0 Å². The highest BCUT2D eigenvalue weighted by atomic mass is 16.6. The molecule has 1 fully saturated rings. The number of nitrogens with zero attached hydrogens (tertiary/aromatic N) is 1. The smallest absolute Gasteiger partial charge is 0.411 e. The molecule has 1 spiro atoms. The van der Waals surface area contributed by atoms with Gasteiger partial charge in [-0.1, -0.05) is 37.0 Å². The number of hydrogen-bond acceptors (Lipinski definition) is 2. The summed E-state index contributed by atoms with van der Waals surface area (Å²) in [6.07, 6.45) is 5.48. The first-order chi connectivity index (χ1) is 11.5. The van der Waals surface area contributed by atoms with Crippen molar-refractivity contribution in [2.24, 2.45) is 0 Å². The molecule has 0 bridgehead atoms. The van der Waals surface area contributed by atoms with E-state index >= 15 is 0 Å². The fourth-order valence-electron chi connectivity index (χ4n) is 5.25. The second-order valence-corrected chi connectivity index (χ2v) is 9.47. The second kappa shape index (κ2) is 5.75. The number of carbonyl (C=O) groups is 1. The summed E-state index contributed by atoms with van der Waals surface area (Å²) in [5.41, 5.74) is 4.21. The summed E-state index contributed by atoms with van der Waals surface area (Å²) in [4.78, 5) is 15.4. The molecule has 0 radical (unpaired) electrons. The van der Waals surface area contributed by atoms with Crippen molar-refractivity contribution in [3.05, 3.63) is 34.4 Å². The first-order valence-electron chi connectivity index (χ1n) is 9.65. The third kappa shape index (κ3) is 2.86. The molecule has 3 nitrogen and oxygen atoms in total. The molecule has 2 aliphatic rings. The van der Waals surface area contributed by atoms with Gasteiger partial charge in [0.1, 0.15) is 5.60 Å². The number of amides is 1. The predicted molar refractivity (Wildman–Crippen MR) is 102 cm³/mol. The average molecular weight is 344 g/mol. The molecule has 0 N–H and O–H groups in total. The third-order valence-corrected chi connectivity index (χ3v) is 5.84. The van der Waals surface area contributed by atoms with Crippen molar-refractivity contribution in [3.8, 4) is 0 Å². The second-order valence-electron chi connectivity index (χ2n) is 9.47. The molecule has 1 aromatic rings. The third-order valence-electron chi connectivity index (χ3n) is 5.84. The molecular formula is C22H33NO2. The van der Waals surface area contributed by atoms with Gasteiger partial charge in [0.05, 0.1) is 11.1 Å². The normalized spacial score (nSPS) is 21.3. The maximum absolute atomic E-state index is 13.3. The van der Waals surface area contributed by atoms with Crippen LogP contribution in [0.4, 0.5) is 4.79 Å². The number of carbonyl (C=O) groups excluding carboxylic acids is 1. The van der Waals surface area contributed by atoms with Crippen LogP contribution in [0.3, 0.4) is 0 Å². The molecule has 3 rings (SSSR count). The molecule has 3 heteroatoms. The zero-order chi connectivity index (χ0) is 18.6. The predicted octanol–water partition coefficient (Wildman–Crippen LogP) is 5.95. The Balaban J connectivity index is 2.20. The quantitative estimate of drug-likeness (QED) is 0.582. The SMILES string of the molecule is Cc1cc(C)c2c(c1)C1(CCCCC1)N(C(=O)OC(C)(C)C)C2(C)C. The fraction of sp³-hybridized carbons (Fsp3) is 0.682. The van der Waals surface area contributed by atoms with Crippen molar-refractivity contribution in [1.82, 2.24) is 4.90 Å². The monoisotopic (exact) mass is 343 g/mol. The summed E-state index contributed by atoms with van der Waals surface area (Å²) in [6.45, 7) is 14.6. The number of hydrogen-bond donors (Lipinski definition) is 0. The topological polar surface area (TPSA) is 29.5 Å². The summed E-state index contributed by atoms with van der Waals surface area (Å²) in [6, 6.07) is 4.56. The van der Waals surface area contributed by atoms with E-state index in [1.54, 1.807) is 0 Å². The highest BCUT2D eigenvalue weighted by molar-refractivity contribution is 5.74. The van der Waals surface area contributed by atoms with Gasteiger partial charge in [-0.05, 0) is 78.0 Å². The van der Waals surface area contributed by atoms with E-state index in [1.165, 1.54) is 41.5 Å². The molecule has 0 saturated heterocycles. The van der Waals surface area contributed by atoms with Crippen LogP contribution in [0, 0.1) is 13.8 Å². The zero-order valence-corrected chi connectivity index (χ0v) is 17.0. The standard InChI is InChI=1S/C22H33NO2/c1-15-13-16(2)18-17(14-15)22(11-9-8-10-12-22)23(21(18,6)7)19(24)25-20(3,4)5/h13-14H,8-12H2,1-7H3. The fourth-order valence-corrected chi connectivity index (χ4v) is 5.25. The molecule has 1 saturated carbocycles. The molecule has 1 aliphatic carbocycles. The lowest BCUT2D eigenvalue weighted by atomic mass is 9.75. The maximum atomic E-state index is 13.3. The van der Waals surface area contributed by atoms with Gasteiger partial charge < -0.3 is 4.74 Å².